The molecule has 6 atom stereocenters. The van der Waals surface area contributed by atoms with E-state index in [1.165, 1.54) is 12.7 Å². The van der Waals surface area contributed by atoms with E-state index in [2.05, 4.69) is 47.2 Å². The Bertz CT molecular complexity index is 1320. The lowest BCUT2D eigenvalue weighted by Gasteiger charge is -2.26. The molecule has 37 heavy (non-hydrogen) atoms. The zero-order valence-corrected chi connectivity index (χ0v) is 20.7. The van der Waals surface area contributed by atoms with E-state index in [0.29, 0.717) is 24.6 Å². The molecule has 5 unspecified atom stereocenters. The van der Waals surface area contributed by atoms with Gasteiger partial charge in [0.15, 0.2) is 0 Å². The predicted molar refractivity (Wildman–Crippen MR) is 137 cm³/mol. The molecule has 2 N–H and O–H groups in total. The number of nitrogens with one attached hydrogen (secondary N) is 1. The summed E-state index contributed by atoms with van der Waals surface area (Å²) in [5, 5.41) is 13.5. The number of nitrogens with zero attached hydrogens (tertiary/aromatic N) is 7. The second-order valence-electron chi connectivity index (χ2n) is 10.9. The summed E-state index contributed by atoms with van der Waals surface area (Å²) in [6, 6.07) is 7.80. The number of fused-ring (bicyclic) bond motifs is 1. The lowest BCUT2D eigenvalue weighted by Crippen LogP contribution is -2.26. The average Bonchev–Trinajstić information content (AvgIpc) is 3.79. The van der Waals surface area contributed by atoms with Crippen molar-refractivity contribution in [3.05, 3.63) is 60.1 Å². The number of aliphatic hydroxyl groups excluding tert-OH is 1. The minimum Gasteiger partial charge on any atom is -0.391 e. The molecule has 2 aliphatic carbocycles. The molecule has 2 saturated heterocycles. The highest BCUT2D eigenvalue weighted by Gasteiger charge is 2.47. The van der Waals surface area contributed by atoms with Gasteiger partial charge in [0.25, 0.3) is 0 Å². The quantitative estimate of drug-likeness (QED) is 0.528. The van der Waals surface area contributed by atoms with E-state index in [1.54, 1.807) is 12.3 Å². The van der Waals surface area contributed by atoms with Crippen LogP contribution in [-0.4, -0.2) is 61.7 Å². The SMILES string of the molecule is Cc1ccnc(C2CC2C(=O)Nc2cc(N3C[C@@H](O)CC3c3ccc(N4CC5CC5C4)nc3)ncn2)n1. The smallest absolute Gasteiger partial charge is 0.229 e. The summed E-state index contributed by atoms with van der Waals surface area (Å²) in [6.07, 6.45) is 7.36. The summed E-state index contributed by atoms with van der Waals surface area (Å²) < 4.78 is 0. The Kier molecular flexibility index (Phi) is 5.31. The summed E-state index contributed by atoms with van der Waals surface area (Å²) in [5.74, 6) is 4.39. The third-order valence-electron chi connectivity index (χ3n) is 8.21. The number of anilines is 3. The zero-order chi connectivity index (χ0) is 25.1. The number of aliphatic hydroxyl groups is 1. The van der Waals surface area contributed by atoms with Crippen molar-refractivity contribution < 1.29 is 9.90 Å². The van der Waals surface area contributed by atoms with E-state index in [-0.39, 0.29) is 23.8 Å². The monoisotopic (exact) mass is 498 g/mol. The number of amides is 1. The van der Waals surface area contributed by atoms with Crippen LogP contribution in [0.3, 0.4) is 0 Å². The Morgan fingerprint density at radius 1 is 1.00 bits per heavy atom. The fourth-order valence-electron chi connectivity index (χ4n) is 5.96. The minimum absolute atomic E-state index is 0.0427. The molecule has 0 bridgehead atoms. The maximum Gasteiger partial charge on any atom is 0.229 e. The van der Waals surface area contributed by atoms with Gasteiger partial charge in [-0.1, -0.05) is 6.07 Å². The van der Waals surface area contributed by atoms with E-state index in [0.717, 1.165) is 54.2 Å². The molecule has 3 aromatic rings. The van der Waals surface area contributed by atoms with Crippen LogP contribution in [-0.2, 0) is 4.79 Å². The van der Waals surface area contributed by atoms with Crippen LogP contribution in [0.5, 0.6) is 0 Å². The lowest BCUT2D eigenvalue weighted by atomic mass is 10.1. The van der Waals surface area contributed by atoms with Gasteiger partial charge in [0.2, 0.25) is 5.91 Å². The molecular weight excluding hydrogens is 468 g/mol. The maximum atomic E-state index is 12.9. The number of aromatic nitrogens is 5. The van der Waals surface area contributed by atoms with Crippen molar-refractivity contribution in [1.82, 2.24) is 24.9 Å². The second-order valence-corrected chi connectivity index (χ2v) is 10.9. The van der Waals surface area contributed by atoms with Crippen molar-refractivity contribution in [1.29, 1.82) is 0 Å². The van der Waals surface area contributed by atoms with Gasteiger partial charge < -0.3 is 20.2 Å². The molecule has 0 aromatic carbocycles. The van der Waals surface area contributed by atoms with Gasteiger partial charge >= 0.3 is 0 Å². The van der Waals surface area contributed by atoms with Crippen LogP contribution in [0.2, 0.25) is 0 Å². The fourth-order valence-corrected chi connectivity index (χ4v) is 5.96. The number of carbonyl (C=O) groups is 1. The van der Waals surface area contributed by atoms with Gasteiger partial charge in [0.1, 0.15) is 29.6 Å². The van der Waals surface area contributed by atoms with Crippen LogP contribution >= 0.6 is 0 Å². The number of piperidine rings is 1. The largest absolute Gasteiger partial charge is 0.391 e. The Hall–Kier alpha value is -3.66. The van der Waals surface area contributed by atoms with Gasteiger partial charge in [0.05, 0.1) is 12.1 Å². The Morgan fingerprint density at radius 2 is 1.86 bits per heavy atom. The number of rotatable bonds is 6. The van der Waals surface area contributed by atoms with Crippen molar-refractivity contribution in [3.8, 4) is 0 Å². The molecule has 0 radical (unpaired) electrons. The van der Waals surface area contributed by atoms with Crippen molar-refractivity contribution in [2.45, 2.75) is 44.2 Å². The minimum atomic E-state index is -0.468. The van der Waals surface area contributed by atoms with Crippen LogP contribution in [0.4, 0.5) is 17.5 Å². The molecule has 5 heterocycles. The Labute approximate surface area is 215 Å². The van der Waals surface area contributed by atoms with Gasteiger partial charge in [-0.2, -0.15) is 0 Å². The van der Waals surface area contributed by atoms with E-state index in [1.807, 2.05) is 19.2 Å². The highest BCUT2D eigenvalue weighted by atomic mass is 16.3. The second kappa shape index (κ2) is 8.72. The van der Waals surface area contributed by atoms with Gasteiger partial charge in [0, 0.05) is 55.6 Å². The highest BCUT2D eigenvalue weighted by Crippen LogP contribution is 2.47. The summed E-state index contributed by atoms with van der Waals surface area (Å²) >= 11 is 0. The van der Waals surface area contributed by atoms with Gasteiger partial charge in [-0.05, 0) is 55.7 Å². The normalized spacial score (nSPS) is 29.8. The Morgan fingerprint density at radius 3 is 2.65 bits per heavy atom. The first-order chi connectivity index (χ1) is 18.0. The number of pyridine rings is 1. The van der Waals surface area contributed by atoms with Crippen LogP contribution in [0, 0.1) is 24.7 Å². The molecule has 0 spiro atoms. The molecule has 2 saturated carbocycles. The van der Waals surface area contributed by atoms with E-state index in [4.69, 9.17) is 4.98 Å². The van der Waals surface area contributed by atoms with Gasteiger partial charge in [-0.15, -0.1) is 0 Å². The van der Waals surface area contributed by atoms with Gasteiger partial charge in [-0.25, -0.2) is 24.9 Å². The molecular formula is C27H30N8O2. The molecule has 190 valence electrons. The fraction of sp³-hybridized carbons (Fsp3) is 0.481. The topological polar surface area (TPSA) is 120 Å². The standard InChI is InChI=1S/C27H30N8O2/c1-15-4-5-28-26(32-15)20-8-21(20)27(37)33-23-9-25(31-14-30-23)35-13-19(36)7-22(35)16-2-3-24(29-10-16)34-11-17-6-18(17)12-34/h2-5,9-10,14,17-22,36H,6-8,11-13H2,1H3,(H,30,31,33,37)/t17?,18?,19-,20?,21?,22?/m0/s1. The van der Waals surface area contributed by atoms with Crippen molar-refractivity contribution in [2.75, 3.05) is 34.8 Å². The van der Waals surface area contributed by atoms with Crippen molar-refractivity contribution in [3.63, 3.8) is 0 Å². The van der Waals surface area contributed by atoms with Crippen molar-refractivity contribution in [2.24, 2.45) is 17.8 Å². The third kappa shape index (κ3) is 4.39. The Balaban J connectivity index is 1.04. The van der Waals surface area contributed by atoms with Crippen LogP contribution in [0.1, 0.15) is 48.3 Å². The first-order valence-corrected chi connectivity index (χ1v) is 13.1. The predicted octanol–water partition coefficient (Wildman–Crippen LogP) is 2.48. The average molecular weight is 499 g/mol. The molecule has 4 fully saturated rings. The van der Waals surface area contributed by atoms with E-state index < -0.39 is 6.10 Å². The number of β-amino-alcohol motifs (C(OH)–C–C–N with tert-alkyl or cyclic N) is 1. The number of hydrogen-bond acceptors (Lipinski definition) is 9. The van der Waals surface area contributed by atoms with Crippen molar-refractivity contribution >= 4 is 23.4 Å². The lowest BCUT2D eigenvalue weighted by molar-refractivity contribution is -0.117. The molecule has 4 aliphatic rings. The number of carbonyl (C=O) groups excluding carboxylic acids is 1. The van der Waals surface area contributed by atoms with Gasteiger partial charge in [-0.3, -0.25) is 4.79 Å². The summed E-state index contributed by atoms with van der Waals surface area (Å²) in [5.41, 5.74) is 1.95. The summed E-state index contributed by atoms with van der Waals surface area (Å²) in [7, 11) is 0. The van der Waals surface area contributed by atoms with E-state index in [9.17, 15) is 9.90 Å². The first-order valence-electron chi connectivity index (χ1n) is 13.1. The molecule has 3 aromatic heterocycles. The number of hydrogen-bond donors (Lipinski definition) is 2. The molecule has 7 rings (SSSR count). The third-order valence-corrected chi connectivity index (χ3v) is 8.21. The van der Waals surface area contributed by atoms with E-state index >= 15 is 0 Å². The molecule has 1 amide bonds. The summed E-state index contributed by atoms with van der Waals surface area (Å²) in [6.45, 7) is 4.61. The van der Waals surface area contributed by atoms with Crippen LogP contribution in [0.15, 0.2) is 43.0 Å². The highest BCUT2D eigenvalue weighted by molar-refractivity contribution is 5.94. The molecule has 10 heteroatoms. The summed E-state index contributed by atoms with van der Waals surface area (Å²) in [4.78, 5) is 39.6. The maximum absolute atomic E-state index is 12.9. The zero-order valence-electron chi connectivity index (χ0n) is 20.7. The number of aryl methyl sites for hydroxylation is 1. The molecule has 2 aliphatic heterocycles. The first kappa shape index (κ1) is 22.5. The van der Waals surface area contributed by atoms with Crippen LogP contribution < -0.4 is 15.1 Å². The van der Waals surface area contributed by atoms with Crippen LogP contribution in [0.25, 0.3) is 0 Å². The molecule has 10 nitrogen and oxygen atoms in total.